The number of carbonyl (C=O) groups is 2. The maximum atomic E-state index is 12.4. The minimum Gasteiger partial charge on any atom is -0.469 e. The van der Waals surface area contributed by atoms with E-state index in [1.807, 2.05) is 24.3 Å². The van der Waals surface area contributed by atoms with Crippen molar-refractivity contribution in [2.24, 2.45) is 5.92 Å². The lowest BCUT2D eigenvalue weighted by molar-refractivity contribution is -0.139. The Morgan fingerprint density at radius 1 is 1.21 bits per heavy atom. The highest BCUT2D eigenvalue weighted by molar-refractivity contribution is 5.93. The molecule has 0 radical (unpaired) electrons. The van der Waals surface area contributed by atoms with Crippen molar-refractivity contribution in [3.8, 4) is 0 Å². The third-order valence-electron chi connectivity index (χ3n) is 4.17. The molecule has 1 aromatic carbocycles. The fraction of sp³-hybridized carbons (Fsp3) is 0.474. The maximum Gasteiger partial charge on any atom is 0.418 e. The summed E-state index contributed by atoms with van der Waals surface area (Å²) in [5.41, 5.74) is 1.50. The van der Waals surface area contributed by atoms with Crippen LogP contribution in [0.4, 0.5) is 4.79 Å². The number of methoxy groups -OCH3 is 1. The second-order valence-electron chi connectivity index (χ2n) is 6.09. The van der Waals surface area contributed by atoms with Crippen LogP contribution in [0.5, 0.6) is 0 Å². The fourth-order valence-electron chi connectivity index (χ4n) is 2.82. The van der Waals surface area contributed by atoms with E-state index < -0.39 is 6.09 Å². The van der Waals surface area contributed by atoms with Crippen LogP contribution in [0.1, 0.15) is 38.7 Å². The van der Waals surface area contributed by atoms with E-state index in [4.69, 9.17) is 9.47 Å². The standard InChI is InChI=1S/C19H25NO4/c1-4-7-14(2)10-11-24-19(22)20-13-15(12-18(21)23-3)16-8-5-6-9-17(16)20/h5-6,8-9,13-14H,4,7,10-12H2,1-3H3. The minimum atomic E-state index is -0.411. The van der Waals surface area contributed by atoms with Crippen molar-refractivity contribution in [2.45, 2.75) is 39.5 Å². The van der Waals surface area contributed by atoms with Gasteiger partial charge in [-0.25, -0.2) is 4.79 Å². The van der Waals surface area contributed by atoms with Gasteiger partial charge in [0.25, 0.3) is 0 Å². The van der Waals surface area contributed by atoms with Gasteiger partial charge in [-0.3, -0.25) is 9.36 Å². The molecule has 0 N–H and O–H groups in total. The lowest BCUT2D eigenvalue weighted by Gasteiger charge is -2.10. The molecule has 1 aromatic heterocycles. The predicted molar refractivity (Wildman–Crippen MR) is 93.1 cm³/mol. The van der Waals surface area contributed by atoms with E-state index in [0.717, 1.165) is 35.7 Å². The van der Waals surface area contributed by atoms with Crippen LogP contribution >= 0.6 is 0 Å². The van der Waals surface area contributed by atoms with Crippen LogP contribution in [0.3, 0.4) is 0 Å². The van der Waals surface area contributed by atoms with Crippen molar-refractivity contribution in [3.05, 3.63) is 36.0 Å². The van der Waals surface area contributed by atoms with E-state index in [9.17, 15) is 9.59 Å². The summed E-state index contributed by atoms with van der Waals surface area (Å²) >= 11 is 0. The molecule has 0 aliphatic heterocycles. The molecule has 0 bridgehead atoms. The molecule has 1 unspecified atom stereocenters. The van der Waals surface area contributed by atoms with E-state index in [1.54, 1.807) is 6.20 Å². The van der Waals surface area contributed by atoms with Gasteiger partial charge in [-0.05, 0) is 24.0 Å². The molecule has 1 atom stereocenters. The van der Waals surface area contributed by atoms with E-state index in [1.165, 1.54) is 11.7 Å². The van der Waals surface area contributed by atoms with Gasteiger partial charge in [0.1, 0.15) is 0 Å². The van der Waals surface area contributed by atoms with Gasteiger partial charge in [0, 0.05) is 11.6 Å². The molecule has 0 saturated heterocycles. The van der Waals surface area contributed by atoms with Crippen LogP contribution in [-0.2, 0) is 20.7 Å². The molecule has 0 fully saturated rings. The van der Waals surface area contributed by atoms with Gasteiger partial charge in [0.15, 0.2) is 0 Å². The van der Waals surface area contributed by atoms with Crippen LogP contribution < -0.4 is 0 Å². The number of carbonyl (C=O) groups excluding carboxylic acids is 2. The molecule has 5 nitrogen and oxygen atoms in total. The first-order chi connectivity index (χ1) is 11.6. The van der Waals surface area contributed by atoms with Crippen LogP contribution in [-0.4, -0.2) is 30.3 Å². The monoisotopic (exact) mass is 331 g/mol. The third-order valence-corrected chi connectivity index (χ3v) is 4.17. The topological polar surface area (TPSA) is 57.5 Å². The van der Waals surface area contributed by atoms with Gasteiger partial charge in [-0.15, -0.1) is 0 Å². The average Bonchev–Trinajstić information content (AvgIpc) is 2.94. The van der Waals surface area contributed by atoms with Crippen molar-refractivity contribution in [1.82, 2.24) is 4.57 Å². The van der Waals surface area contributed by atoms with Crippen LogP contribution in [0.2, 0.25) is 0 Å². The number of aromatic nitrogens is 1. The molecule has 0 aliphatic rings. The second-order valence-corrected chi connectivity index (χ2v) is 6.09. The summed E-state index contributed by atoms with van der Waals surface area (Å²) in [6.45, 7) is 4.72. The van der Waals surface area contributed by atoms with Crippen LogP contribution in [0.15, 0.2) is 30.5 Å². The van der Waals surface area contributed by atoms with Gasteiger partial charge < -0.3 is 9.47 Å². The highest BCUT2D eigenvalue weighted by Crippen LogP contribution is 2.22. The highest BCUT2D eigenvalue weighted by atomic mass is 16.5. The van der Waals surface area contributed by atoms with Crippen molar-refractivity contribution < 1.29 is 19.1 Å². The Kier molecular flexibility index (Phi) is 6.41. The molecule has 0 amide bonds. The smallest absolute Gasteiger partial charge is 0.418 e. The van der Waals surface area contributed by atoms with Gasteiger partial charge in [-0.2, -0.15) is 0 Å². The van der Waals surface area contributed by atoms with Crippen molar-refractivity contribution in [3.63, 3.8) is 0 Å². The molecule has 2 rings (SSSR count). The number of rotatable bonds is 7. The van der Waals surface area contributed by atoms with Gasteiger partial charge >= 0.3 is 12.1 Å². The highest BCUT2D eigenvalue weighted by Gasteiger charge is 2.16. The molecule has 2 aromatic rings. The van der Waals surface area contributed by atoms with Crippen molar-refractivity contribution >= 4 is 23.0 Å². The zero-order chi connectivity index (χ0) is 17.5. The van der Waals surface area contributed by atoms with E-state index in [-0.39, 0.29) is 12.4 Å². The molecule has 0 saturated carbocycles. The van der Waals surface area contributed by atoms with Crippen molar-refractivity contribution in [2.75, 3.05) is 13.7 Å². The molecule has 1 heterocycles. The zero-order valence-corrected chi connectivity index (χ0v) is 14.6. The normalized spacial score (nSPS) is 12.1. The second kappa shape index (κ2) is 8.52. The molecule has 24 heavy (non-hydrogen) atoms. The van der Waals surface area contributed by atoms with E-state index >= 15 is 0 Å². The maximum absolute atomic E-state index is 12.4. The van der Waals surface area contributed by atoms with Crippen molar-refractivity contribution in [1.29, 1.82) is 0 Å². The number of fused-ring (bicyclic) bond motifs is 1. The minimum absolute atomic E-state index is 0.130. The molecule has 0 spiro atoms. The predicted octanol–water partition coefficient (Wildman–Crippen LogP) is 4.17. The number of benzene rings is 1. The lowest BCUT2D eigenvalue weighted by atomic mass is 10.0. The lowest BCUT2D eigenvalue weighted by Crippen LogP contribution is -2.14. The molecule has 0 aliphatic carbocycles. The van der Waals surface area contributed by atoms with Gasteiger partial charge in [0.2, 0.25) is 0 Å². The number of hydrogen-bond acceptors (Lipinski definition) is 4. The quantitative estimate of drug-likeness (QED) is 0.715. The summed E-state index contributed by atoms with van der Waals surface area (Å²) in [5.74, 6) is 0.207. The largest absolute Gasteiger partial charge is 0.469 e. The molecule has 130 valence electrons. The van der Waals surface area contributed by atoms with Crippen LogP contribution in [0.25, 0.3) is 10.9 Å². The molecular formula is C19H25NO4. The Bertz CT molecular complexity index is 704. The summed E-state index contributed by atoms with van der Waals surface area (Å²) in [4.78, 5) is 24.0. The van der Waals surface area contributed by atoms with Crippen LogP contribution in [0, 0.1) is 5.92 Å². The first kappa shape index (κ1) is 18.0. The zero-order valence-electron chi connectivity index (χ0n) is 14.6. The Hall–Kier alpha value is -2.30. The molecular weight excluding hydrogens is 306 g/mol. The summed E-state index contributed by atoms with van der Waals surface area (Å²) in [7, 11) is 1.35. The molecule has 5 heteroatoms. The fourth-order valence-corrected chi connectivity index (χ4v) is 2.82. The number of esters is 1. The van der Waals surface area contributed by atoms with E-state index in [0.29, 0.717) is 12.5 Å². The average molecular weight is 331 g/mol. The first-order valence-electron chi connectivity index (χ1n) is 8.39. The summed E-state index contributed by atoms with van der Waals surface area (Å²) < 4.78 is 11.6. The van der Waals surface area contributed by atoms with Gasteiger partial charge in [0.05, 0.1) is 25.7 Å². The number of hydrogen-bond donors (Lipinski definition) is 0. The Morgan fingerprint density at radius 2 is 1.96 bits per heavy atom. The Morgan fingerprint density at radius 3 is 2.67 bits per heavy atom. The van der Waals surface area contributed by atoms with E-state index in [2.05, 4.69) is 13.8 Å². The number of ether oxygens (including phenoxy) is 2. The van der Waals surface area contributed by atoms with Gasteiger partial charge in [-0.1, -0.05) is 44.9 Å². The number of para-hydroxylation sites is 1. The SMILES string of the molecule is CCCC(C)CCOC(=O)n1cc(CC(=O)OC)c2ccccc21. The Balaban J connectivity index is 2.13. The summed E-state index contributed by atoms with van der Waals surface area (Å²) in [6, 6.07) is 7.47. The first-order valence-corrected chi connectivity index (χ1v) is 8.39. The number of nitrogens with zero attached hydrogens (tertiary/aromatic N) is 1. The Labute approximate surface area is 142 Å². The summed E-state index contributed by atoms with van der Waals surface area (Å²) in [5, 5.41) is 0.860. The third kappa shape index (κ3) is 4.37. The summed E-state index contributed by atoms with van der Waals surface area (Å²) in [6.07, 6.45) is 4.51.